The molecule has 0 radical (unpaired) electrons. The highest BCUT2D eigenvalue weighted by molar-refractivity contribution is 6.30. The van der Waals surface area contributed by atoms with Crippen LogP contribution in [-0.2, 0) is 6.42 Å². The number of aromatic nitrogens is 1. The number of carbonyl (C=O) groups is 1. The van der Waals surface area contributed by atoms with E-state index in [4.69, 9.17) is 11.6 Å². The molecule has 2 aromatic rings. The Morgan fingerprint density at radius 1 is 1.22 bits per heavy atom. The van der Waals surface area contributed by atoms with Gasteiger partial charge in [0, 0.05) is 17.5 Å². The average Bonchev–Trinajstić information content (AvgIpc) is 2.38. The van der Waals surface area contributed by atoms with E-state index >= 15 is 0 Å². The Hall–Kier alpha value is -1.87. The molecule has 0 spiro atoms. The summed E-state index contributed by atoms with van der Waals surface area (Å²) >= 11 is 5.78. The van der Waals surface area contributed by atoms with Crippen molar-refractivity contribution in [3.05, 3.63) is 70.1 Å². The van der Waals surface area contributed by atoms with Crippen LogP contribution in [0.4, 0.5) is 0 Å². The van der Waals surface area contributed by atoms with Crippen molar-refractivity contribution in [3.8, 4) is 0 Å². The minimum Gasteiger partial charge on any atom is -0.619 e. The van der Waals surface area contributed by atoms with E-state index in [0.717, 1.165) is 5.56 Å². The van der Waals surface area contributed by atoms with Crippen molar-refractivity contribution >= 4 is 17.4 Å². The van der Waals surface area contributed by atoms with E-state index in [2.05, 4.69) is 0 Å². The topological polar surface area (TPSA) is 44.0 Å². The van der Waals surface area contributed by atoms with Crippen molar-refractivity contribution < 1.29 is 9.52 Å². The molecule has 4 heteroatoms. The molecule has 0 aliphatic heterocycles. The van der Waals surface area contributed by atoms with Crippen LogP contribution < -0.4 is 4.73 Å². The number of carbonyl (C=O) groups excluding carboxylic acids is 1. The van der Waals surface area contributed by atoms with Gasteiger partial charge in [-0.15, -0.1) is 0 Å². The van der Waals surface area contributed by atoms with Crippen LogP contribution in [-0.4, -0.2) is 5.78 Å². The van der Waals surface area contributed by atoms with Crippen LogP contribution in [0.2, 0.25) is 5.02 Å². The molecule has 0 saturated carbocycles. The summed E-state index contributed by atoms with van der Waals surface area (Å²) in [7, 11) is 0. The van der Waals surface area contributed by atoms with Gasteiger partial charge >= 0.3 is 0 Å². The second kappa shape index (κ2) is 5.65. The minimum absolute atomic E-state index is 0.0323. The van der Waals surface area contributed by atoms with Crippen molar-refractivity contribution in [1.29, 1.82) is 0 Å². The van der Waals surface area contributed by atoms with Crippen LogP contribution in [0.5, 0.6) is 0 Å². The Bertz CT molecular complexity index is 552. The fraction of sp³-hybridized carbons (Fsp3) is 0.143. The predicted octanol–water partition coefficient (Wildman–Crippen LogP) is 2.79. The Morgan fingerprint density at radius 3 is 2.61 bits per heavy atom. The lowest BCUT2D eigenvalue weighted by atomic mass is 10.0. The monoisotopic (exact) mass is 261 g/mol. The fourth-order valence-electron chi connectivity index (χ4n) is 1.67. The van der Waals surface area contributed by atoms with Gasteiger partial charge in [-0.1, -0.05) is 23.7 Å². The van der Waals surface area contributed by atoms with E-state index in [1.807, 2.05) is 12.1 Å². The summed E-state index contributed by atoms with van der Waals surface area (Å²) in [6.07, 6.45) is 3.68. The zero-order chi connectivity index (χ0) is 13.0. The molecule has 0 aliphatic rings. The van der Waals surface area contributed by atoms with Gasteiger partial charge in [0.1, 0.15) is 0 Å². The summed E-state index contributed by atoms with van der Waals surface area (Å²) in [6, 6.07) is 10.6. The van der Waals surface area contributed by atoms with E-state index in [-0.39, 0.29) is 5.78 Å². The van der Waals surface area contributed by atoms with E-state index in [9.17, 15) is 10.0 Å². The highest BCUT2D eigenvalue weighted by Crippen LogP contribution is 2.12. The second-order valence-electron chi connectivity index (χ2n) is 4.00. The van der Waals surface area contributed by atoms with Gasteiger partial charge in [0.15, 0.2) is 18.2 Å². The number of ketones is 1. The number of pyridine rings is 1. The molecule has 1 heterocycles. The van der Waals surface area contributed by atoms with E-state index < -0.39 is 0 Å². The van der Waals surface area contributed by atoms with Crippen LogP contribution in [0, 0.1) is 5.21 Å². The summed E-state index contributed by atoms with van der Waals surface area (Å²) in [6.45, 7) is 0. The zero-order valence-corrected chi connectivity index (χ0v) is 10.4. The molecule has 0 bridgehead atoms. The average molecular weight is 262 g/mol. The quantitative estimate of drug-likeness (QED) is 0.483. The number of halogens is 1. The molecule has 92 valence electrons. The Kier molecular flexibility index (Phi) is 3.95. The maximum Gasteiger partial charge on any atom is 0.191 e. The molecule has 18 heavy (non-hydrogen) atoms. The first-order valence-electron chi connectivity index (χ1n) is 5.61. The van der Waals surface area contributed by atoms with E-state index in [0.29, 0.717) is 28.2 Å². The summed E-state index contributed by atoms with van der Waals surface area (Å²) < 4.78 is 0.634. The highest BCUT2D eigenvalue weighted by atomic mass is 35.5. The normalized spacial score (nSPS) is 10.3. The van der Waals surface area contributed by atoms with E-state index in [1.54, 1.807) is 24.3 Å². The van der Waals surface area contributed by atoms with Crippen LogP contribution in [0.25, 0.3) is 0 Å². The lowest BCUT2D eigenvalue weighted by molar-refractivity contribution is -0.605. The molecule has 0 unspecified atom stereocenters. The van der Waals surface area contributed by atoms with Gasteiger partial charge in [0.05, 0.1) is 5.56 Å². The van der Waals surface area contributed by atoms with Gasteiger partial charge < -0.3 is 5.21 Å². The number of nitrogens with zero attached hydrogens (tertiary/aromatic N) is 1. The molecule has 2 rings (SSSR count). The summed E-state index contributed by atoms with van der Waals surface area (Å²) in [5, 5.41) is 11.7. The van der Waals surface area contributed by atoms with Crippen molar-refractivity contribution in [2.75, 3.05) is 0 Å². The fourth-order valence-corrected chi connectivity index (χ4v) is 1.80. The molecule has 0 N–H and O–H groups in total. The third-order valence-corrected chi connectivity index (χ3v) is 2.90. The summed E-state index contributed by atoms with van der Waals surface area (Å²) in [5.74, 6) is -0.0323. The van der Waals surface area contributed by atoms with Gasteiger partial charge in [-0.2, -0.15) is 4.73 Å². The van der Waals surface area contributed by atoms with Crippen LogP contribution in [0.3, 0.4) is 0 Å². The molecule has 0 amide bonds. The second-order valence-corrected chi connectivity index (χ2v) is 4.44. The van der Waals surface area contributed by atoms with Crippen LogP contribution in [0.1, 0.15) is 22.3 Å². The number of rotatable bonds is 4. The van der Waals surface area contributed by atoms with Crippen molar-refractivity contribution in [2.24, 2.45) is 0 Å². The molecule has 3 nitrogen and oxygen atoms in total. The van der Waals surface area contributed by atoms with Gasteiger partial charge in [0.25, 0.3) is 0 Å². The highest BCUT2D eigenvalue weighted by Gasteiger charge is 2.08. The molecule has 0 saturated heterocycles. The molecule has 1 aromatic carbocycles. The first-order chi connectivity index (χ1) is 8.65. The van der Waals surface area contributed by atoms with E-state index in [1.165, 1.54) is 12.4 Å². The zero-order valence-electron chi connectivity index (χ0n) is 9.67. The van der Waals surface area contributed by atoms with Crippen molar-refractivity contribution in [2.45, 2.75) is 12.8 Å². The molecule has 0 aliphatic carbocycles. The maximum absolute atomic E-state index is 11.9. The first kappa shape index (κ1) is 12.6. The smallest absolute Gasteiger partial charge is 0.191 e. The number of aryl methyl sites for hydroxylation is 1. The number of hydrogen-bond donors (Lipinski definition) is 0. The van der Waals surface area contributed by atoms with Crippen molar-refractivity contribution in [1.82, 2.24) is 0 Å². The third kappa shape index (κ3) is 3.31. The summed E-state index contributed by atoms with van der Waals surface area (Å²) in [5.41, 5.74) is 1.50. The van der Waals surface area contributed by atoms with Gasteiger partial charge in [-0.05, 0) is 30.2 Å². The molecule has 1 aromatic heterocycles. The molecular formula is C14H12ClNO2. The predicted molar refractivity (Wildman–Crippen MR) is 69.5 cm³/mol. The number of benzene rings is 1. The van der Waals surface area contributed by atoms with Crippen LogP contribution in [0.15, 0.2) is 48.8 Å². The molecule has 0 atom stereocenters. The van der Waals surface area contributed by atoms with Gasteiger partial charge in [0.2, 0.25) is 0 Å². The SMILES string of the molecule is O=C(CCc1ccc(Cl)cc1)c1ccc[n+]([O-])c1. The number of Topliss-reactive ketones (excluding diaryl/α,β-unsaturated/α-hetero) is 1. The molecule has 0 fully saturated rings. The third-order valence-electron chi connectivity index (χ3n) is 2.65. The lowest BCUT2D eigenvalue weighted by Gasteiger charge is -2.02. The lowest BCUT2D eigenvalue weighted by Crippen LogP contribution is -2.25. The number of hydrogen-bond acceptors (Lipinski definition) is 2. The Balaban J connectivity index is 1.98. The molecular weight excluding hydrogens is 250 g/mol. The standard InChI is InChI=1S/C14H12ClNO2/c15-13-6-3-11(4-7-13)5-8-14(17)12-2-1-9-16(18)10-12/h1-4,6-7,9-10H,5,8H2. The Labute approximate surface area is 110 Å². The first-order valence-corrected chi connectivity index (χ1v) is 5.99. The van der Waals surface area contributed by atoms with Gasteiger partial charge in [-0.3, -0.25) is 4.79 Å². The van der Waals surface area contributed by atoms with Gasteiger partial charge in [-0.25, -0.2) is 0 Å². The largest absolute Gasteiger partial charge is 0.619 e. The summed E-state index contributed by atoms with van der Waals surface area (Å²) in [4.78, 5) is 11.9. The van der Waals surface area contributed by atoms with Crippen molar-refractivity contribution in [3.63, 3.8) is 0 Å². The maximum atomic E-state index is 11.9. The van der Waals surface area contributed by atoms with Crippen LogP contribution >= 0.6 is 11.6 Å². The Morgan fingerprint density at radius 2 is 1.94 bits per heavy atom. The minimum atomic E-state index is -0.0323.